The van der Waals surface area contributed by atoms with Crippen LogP contribution in [0.4, 0.5) is 8.78 Å². The van der Waals surface area contributed by atoms with Crippen molar-refractivity contribution in [2.45, 2.75) is 19.1 Å². The topological polar surface area (TPSA) is 40.5 Å². The van der Waals surface area contributed by atoms with Crippen molar-refractivity contribution in [2.75, 3.05) is 0 Å². The molecular weight excluding hydrogens is 178 g/mol. The van der Waals surface area contributed by atoms with E-state index >= 15 is 0 Å². The molecule has 0 saturated heterocycles. The second kappa shape index (κ2) is 3.81. The van der Waals surface area contributed by atoms with Crippen molar-refractivity contribution >= 4 is 0 Å². The molecule has 0 fully saturated rings. The molecule has 1 aromatic carbocycles. The van der Waals surface area contributed by atoms with Gasteiger partial charge in [0, 0.05) is 6.07 Å². The third-order valence-corrected chi connectivity index (χ3v) is 1.68. The second-order valence-corrected chi connectivity index (χ2v) is 2.89. The molecule has 0 amide bonds. The lowest BCUT2D eigenvalue weighted by molar-refractivity contribution is 0.0302. The number of benzene rings is 1. The minimum Gasteiger partial charge on any atom is -0.390 e. The number of hydrogen-bond acceptors (Lipinski definition) is 2. The summed E-state index contributed by atoms with van der Waals surface area (Å²) in [6, 6.07) is 2.68. The Bertz CT molecular complexity index is 279. The summed E-state index contributed by atoms with van der Waals surface area (Å²) in [4.78, 5) is 0. The third kappa shape index (κ3) is 2.47. The molecule has 0 bridgehead atoms. The average Bonchev–Trinajstić information content (AvgIpc) is 2.01. The maximum absolute atomic E-state index is 12.6. The fourth-order valence-electron chi connectivity index (χ4n) is 1.02. The smallest absolute Gasteiger partial charge is 0.126 e. The van der Waals surface area contributed by atoms with Crippen LogP contribution in [-0.2, 0) is 0 Å². The van der Waals surface area contributed by atoms with Crippen molar-refractivity contribution in [3.8, 4) is 0 Å². The fraction of sp³-hybridized carbons (Fsp3) is 0.333. The van der Waals surface area contributed by atoms with Gasteiger partial charge in [0.05, 0.1) is 6.10 Å². The van der Waals surface area contributed by atoms with E-state index < -0.39 is 23.8 Å². The van der Waals surface area contributed by atoms with Crippen LogP contribution in [0.3, 0.4) is 0 Å². The lowest BCUT2D eigenvalue weighted by Gasteiger charge is -2.13. The molecule has 0 heterocycles. The van der Waals surface area contributed by atoms with Crippen molar-refractivity contribution in [1.82, 2.24) is 0 Å². The summed E-state index contributed by atoms with van der Waals surface area (Å²) in [5.41, 5.74) is 0.0347. The Morgan fingerprint density at radius 3 is 1.92 bits per heavy atom. The Kier molecular flexibility index (Phi) is 2.95. The summed E-state index contributed by atoms with van der Waals surface area (Å²) in [6.07, 6.45) is -2.31. The van der Waals surface area contributed by atoms with E-state index in [4.69, 9.17) is 5.11 Å². The number of halogens is 2. The van der Waals surface area contributed by atoms with Crippen LogP contribution < -0.4 is 0 Å². The summed E-state index contributed by atoms with van der Waals surface area (Å²) < 4.78 is 25.2. The lowest BCUT2D eigenvalue weighted by Crippen LogP contribution is -2.14. The van der Waals surface area contributed by atoms with Crippen LogP contribution >= 0.6 is 0 Å². The van der Waals surface area contributed by atoms with E-state index in [0.29, 0.717) is 6.07 Å². The van der Waals surface area contributed by atoms with Crippen molar-refractivity contribution < 1.29 is 19.0 Å². The Morgan fingerprint density at radius 1 is 1.08 bits per heavy atom. The van der Waals surface area contributed by atoms with Gasteiger partial charge < -0.3 is 10.2 Å². The van der Waals surface area contributed by atoms with Crippen molar-refractivity contribution in [3.05, 3.63) is 35.4 Å². The monoisotopic (exact) mass is 188 g/mol. The van der Waals surface area contributed by atoms with E-state index in [1.165, 1.54) is 6.92 Å². The van der Waals surface area contributed by atoms with Gasteiger partial charge in [-0.3, -0.25) is 0 Å². The van der Waals surface area contributed by atoms with Crippen LogP contribution in [0, 0.1) is 11.6 Å². The minimum atomic E-state index is -1.26. The molecule has 0 spiro atoms. The van der Waals surface area contributed by atoms with E-state index in [1.807, 2.05) is 0 Å². The van der Waals surface area contributed by atoms with Gasteiger partial charge in [-0.15, -0.1) is 0 Å². The summed E-state index contributed by atoms with van der Waals surface area (Å²) in [5.74, 6) is -1.54. The van der Waals surface area contributed by atoms with E-state index in [-0.39, 0.29) is 5.56 Å². The van der Waals surface area contributed by atoms with E-state index in [2.05, 4.69) is 0 Å². The van der Waals surface area contributed by atoms with E-state index in [9.17, 15) is 13.9 Å². The highest BCUT2D eigenvalue weighted by atomic mass is 19.1. The lowest BCUT2D eigenvalue weighted by atomic mass is 10.1. The van der Waals surface area contributed by atoms with Gasteiger partial charge in [-0.1, -0.05) is 0 Å². The van der Waals surface area contributed by atoms with E-state index in [1.54, 1.807) is 0 Å². The molecule has 2 nitrogen and oxygen atoms in total. The molecule has 4 heteroatoms. The molecule has 0 aliphatic heterocycles. The Balaban J connectivity index is 3.01. The minimum absolute atomic E-state index is 0.0347. The molecule has 72 valence electrons. The summed E-state index contributed by atoms with van der Waals surface area (Å²) in [6.45, 7) is 1.34. The molecule has 0 aromatic heterocycles. The van der Waals surface area contributed by atoms with Crippen molar-refractivity contribution in [3.63, 3.8) is 0 Å². The highest BCUT2D eigenvalue weighted by molar-refractivity contribution is 5.20. The largest absolute Gasteiger partial charge is 0.390 e. The van der Waals surface area contributed by atoms with Crippen LogP contribution in [0.15, 0.2) is 18.2 Å². The molecule has 2 N–H and O–H groups in total. The Morgan fingerprint density at radius 2 is 1.54 bits per heavy atom. The van der Waals surface area contributed by atoms with Gasteiger partial charge in [-0.25, -0.2) is 8.78 Å². The highest BCUT2D eigenvalue weighted by Crippen LogP contribution is 2.18. The quantitative estimate of drug-likeness (QED) is 0.736. The van der Waals surface area contributed by atoms with Crippen LogP contribution in [0.1, 0.15) is 18.6 Å². The normalized spacial score (nSPS) is 15.5. The Labute approximate surface area is 74.4 Å². The molecule has 1 aromatic rings. The van der Waals surface area contributed by atoms with Gasteiger partial charge in [0.15, 0.2) is 0 Å². The number of aliphatic hydroxyl groups is 2. The zero-order valence-corrected chi connectivity index (χ0v) is 7.04. The molecule has 0 aliphatic rings. The predicted molar refractivity (Wildman–Crippen MR) is 43.0 cm³/mol. The third-order valence-electron chi connectivity index (χ3n) is 1.68. The first-order chi connectivity index (χ1) is 6.00. The molecule has 2 unspecified atom stereocenters. The molecule has 0 saturated carbocycles. The zero-order chi connectivity index (χ0) is 10.0. The molecule has 13 heavy (non-hydrogen) atoms. The second-order valence-electron chi connectivity index (χ2n) is 2.89. The summed E-state index contributed by atoms with van der Waals surface area (Å²) >= 11 is 0. The maximum Gasteiger partial charge on any atom is 0.126 e. The van der Waals surface area contributed by atoms with Gasteiger partial charge in [0.2, 0.25) is 0 Å². The molecule has 0 aliphatic carbocycles. The van der Waals surface area contributed by atoms with Crippen molar-refractivity contribution in [2.24, 2.45) is 0 Å². The summed E-state index contributed by atoms with van der Waals surface area (Å²) in [7, 11) is 0. The molecule has 2 atom stereocenters. The van der Waals surface area contributed by atoms with Crippen LogP contribution in [0.2, 0.25) is 0 Å². The number of rotatable bonds is 2. The Hall–Kier alpha value is -1.00. The standard InChI is InChI=1S/C9H10F2O2/c1-5(12)9(13)6-2-7(10)4-8(11)3-6/h2-5,9,12-13H,1H3. The van der Waals surface area contributed by atoms with Crippen LogP contribution in [0.25, 0.3) is 0 Å². The zero-order valence-electron chi connectivity index (χ0n) is 7.04. The fourth-order valence-corrected chi connectivity index (χ4v) is 1.02. The van der Waals surface area contributed by atoms with Gasteiger partial charge in [0.1, 0.15) is 17.7 Å². The molecular formula is C9H10F2O2. The van der Waals surface area contributed by atoms with E-state index in [0.717, 1.165) is 12.1 Å². The number of aliphatic hydroxyl groups excluding tert-OH is 2. The van der Waals surface area contributed by atoms with Crippen molar-refractivity contribution in [1.29, 1.82) is 0 Å². The number of hydrogen-bond donors (Lipinski definition) is 2. The van der Waals surface area contributed by atoms with Gasteiger partial charge in [0.25, 0.3) is 0 Å². The first-order valence-electron chi connectivity index (χ1n) is 3.83. The SMILES string of the molecule is CC(O)C(O)c1cc(F)cc(F)c1. The molecule has 1 rings (SSSR count). The first-order valence-corrected chi connectivity index (χ1v) is 3.83. The van der Waals surface area contributed by atoms with Gasteiger partial charge in [-0.05, 0) is 24.6 Å². The highest BCUT2D eigenvalue weighted by Gasteiger charge is 2.15. The van der Waals surface area contributed by atoms with Gasteiger partial charge in [-0.2, -0.15) is 0 Å². The van der Waals surface area contributed by atoms with Gasteiger partial charge >= 0.3 is 0 Å². The molecule has 0 radical (unpaired) electrons. The average molecular weight is 188 g/mol. The van der Waals surface area contributed by atoms with Crippen LogP contribution in [-0.4, -0.2) is 16.3 Å². The maximum atomic E-state index is 12.6. The van der Waals surface area contributed by atoms with Crippen LogP contribution in [0.5, 0.6) is 0 Å². The predicted octanol–water partition coefficient (Wildman–Crippen LogP) is 1.38. The summed E-state index contributed by atoms with van der Waals surface area (Å²) in [5, 5.41) is 18.2. The first kappa shape index (κ1) is 10.1.